The molecule has 1 amide bonds. The largest absolute Gasteiger partial charge is 0.472 e. The van der Waals surface area contributed by atoms with Crippen LogP contribution < -0.4 is 11.5 Å². The minimum Gasteiger partial charge on any atom is -0.462 e. The number of carbonyl (C=O) groups is 3. The van der Waals surface area contributed by atoms with E-state index in [2.05, 4.69) is 19.2 Å². The highest BCUT2D eigenvalue weighted by Crippen LogP contribution is 2.43. The Morgan fingerprint density at radius 3 is 1.51 bits per heavy atom. The molecule has 0 heterocycles. The molecular formula is C37H75N2O11P. The second-order valence-corrected chi connectivity index (χ2v) is 14.5. The zero-order valence-corrected chi connectivity index (χ0v) is 33.4. The lowest BCUT2D eigenvalue weighted by Crippen LogP contribution is -2.30. The van der Waals surface area contributed by atoms with Crippen LogP contribution in [0.4, 0.5) is 4.79 Å². The molecule has 0 aromatic carbocycles. The van der Waals surface area contributed by atoms with Crippen LogP contribution in [0.5, 0.6) is 0 Å². The summed E-state index contributed by atoms with van der Waals surface area (Å²) in [4.78, 5) is 46.7. The highest BCUT2D eigenvalue weighted by atomic mass is 31.2. The standard InChI is InChI=1S/C37H72NO11P.H3N/c1-4-6-8-10-12-14-16-18-20-22-24-26-35(39)46-32-34(33-48-50(42,43)47-29-28-38-37(41)45-31-30-44-3)49-36(40)27-25-23-21-19-17-15-13-11-9-7-5-2;/h34H,4-33H2,1-3H3,(H,38,41)(H,42,43);1H3. The summed E-state index contributed by atoms with van der Waals surface area (Å²) in [6.45, 7) is 3.52. The number of nitrogens with one attached hydrogen (secondary N) is 1. The van der Waals surface area contributed by atoms with Gasteiger partial charge in [-0.2, -0.15) is 0 Å². The second kappa shape index (κ2) is 38.0. The number of esters is 2. The average Bonchev–Trinajstić information content (AvgIpc) is 3.09. The van der Waals surface area contributed by atoms with Crippen LogP contribution in [0.15, 0.2) is 0 Å². The van der Waals surface area contributed by atoms with Crippen LogP contribution in [0.25, 0.3) is 0 Å². The molecule has 0 aliphatic carbocycles. The van der Waals surface area contributed by atoms with Crippen LogP contribution in [0.2, 0.25) is 0 Å². The molecule has 0 bridgehead atoms. The summed E-state index contributed by atoms with van der Waals surface area (Å²) in [5, 5.41) is 2.37. The van der Waals surface area contributed by atoms with Gasteiger partial charge in [0.05, 0.1) is 19.8 Å². The number of carbonyl (C=O) groups excluding carboxylic acids is 3. The normalized spacial score (nSPS) is 12.8. The maximum atomic E-state index is 12.6. The molecule has 0 aliphatic heterocycles. The lowest BCUT2D eigenvalue weighted by Gasteiger charge is -2.20. The van der Waals surface area contributed by atoms with Gasteiger partial charge in [-0.15, -0.1) is 0 Å². The lowest BCUT2D eigenvalue weighted by molar-refractivity contribution is -0.161. The predicted octanol–water partition coefficient (Wildman–Crippen LogP) is 9.51. The third-order valence-electron chi connectivity index (χ3n) is 8.27. The third kappa shape index (κ3) is 37.8. The molecule has 14 heteroatoms. The van der Waals surface area contributed by atoms with Gasteiger partial charge in [-0.25, -0.2) is 9.36 Å². The first-order valence-corrected chi connectivity index (χ1v) is 21.1. The Morgan fingerprint density at radius 1 is 0.588 bits per heavy atom. The fourth-order valence-corrected chi connectivity index (χ4v) is 6.03. The maximum Gasteiger partial charge on any atom is 0.472 e. The summed E-state index contributed by atoms with van der Waals surface area (Å²) in [7, 11) is -3.08. The number of alkyl carbamates (subject to hydrolysis) is 1. The van der Waals surface area contributed by atoms with E-state index >= 15 is 0 Å². The van der Waals surface area contributed by atoms with Crippen molar-refractivity contribution in [2.24, 2.45) is 0 Å². The minimum atomic E-state index is -4.56. The number of methoxy groups -OCH3 is 1. The molecule has 304 valence electrons. The lowest BCUT2D eigenvalue weighted by atomic mass is 10.1. The summed E-state index contributed by atoms with van der Waals surface area (Å²) in [5.41, 5.74) is 0. The van der Waals surface area contributed by atoms with Crippen LogP contribution in [-0.4, -0.2) is 75.7 Å². The molecule has 2 unspecified atom stereocenters. The van der Waals surface area contributed by atoms with Gasteiger partial charge in [-0.1, -0.05) is 142 Å². The maximum absolute atomic E-state index is 12.6. The van der Waals surface area contributed by atoms with E-state index < -0.39 is 38.6 Å². The van der Waals surface area contributed by atoms with Crippen molar-refractivity contribution >= 4 is 25.9 Å². The zero-order valence-electron chi connectivity index (χ0n) is 32.5. The van der Waals surface area contributed by atoms with Crippen molar-refractivity contribution in [2.45, 2.75) is 174 Å². The van der Waals surface area contributed by atoms with Crippen LogP contribution >= 0.6 is 7.82 Å². The van der Waals surface area contributed by atoms with Crippen LogP contribution in [0.3, 0.4) is 0 Å². The molecule has 0 fully saturated rings. The van der Waals surface area contributed by atoms with Gasteiger partial charge < -0.3 is 35.3 Å². The smallest absolute Gasteiger partial charge is 0.462 e. The van der Waals surface area contributed by atoms with E-state index in [1.54, 1.807) is 0 Å². The molecular weight excluding hydrogens is 679 g/mol. The Kier molecular flexibility index (Phi) is 38.2. The number of unbranched alkanes of at least 4 members (excludes halogenated alkanes) is 20. The van der Waals surface area contributed by atoms with Gasteiger partial charge in [0.25, 0.3) is 0 Å². The average molecular weight is 755 g/mol. The molecule has 0 aliphatic rings. The van der Waals surface area contributed by atoms with Gasteiger partial charge in [-0.3, -0.25) is 18.6 Å². The number of hydrogen-bond donors (Lipinski definition) is 3. The number of rotatable bonds is 37. The Labute approximate surface area is 309 Å². The van der Waals surface area contributed by atoms with E-state index in [-0.39, 0.29) is 52.0 Å². The van der Waals surface area contributed by atoms with Crippen LogP contribution in [0.1, 0.15) is 168 Å². The first kappa shape index (κ1) is 51.3. The Bertz CT molecular complexity index is 866. The van der Waals surface area contributed by atoms with Crippen molar-refractivity contribution in [3.05, 3.63) is 0 Å². The second-order valence-electron chi connectivity index (χ2n) is 13.0. The van der Waals surface area contributed by atoms with E-state index in [9.17, 15) is 23.8 Å². The van der Waals surface area contributed by atoms with Gasteiger partial charge >= 0.3 is 25.9 Å². The zero-order chi connectivity index (χ0) is 37.0. The monoisotopic (exact) mass is 755 g/mol. The number of ether oxygens (including phenoxy) is 4. The van der Waals surface area contributed by atoms with Gasteiger partial charge in [0, 0.05) is 26.5 Å². The summed E-state index contributed by atoms with van der Waals surface area (Å²) < 4.78 is 42.8. The van der Waals surface area contributed by atoms with Crippen molar-refractivity contribution in [2.75, 3.05) is 46.7 Å². The Hall–Kier alpha value is -1.76. The highest BCUT2D eigenvalue weighted by Gasteiger charge is 2.26. The van der Waals surface area contributed by atoms with Crippen molar-refractivity contribution in [1.29, 1.82) is 0 Å². The van der Waals surface area contributed by atoms with E-state index in [0.29, 0.717) is 12.8 Å². The predicted molar refractivity (Wildman–Crippen MR) is 201 cm³/mol. The number of phosphoric acid groups is 1. The first-order valence-electron chi connectivity index (χ1n) is 19.6. The van der Waals surface area contributed by atoms with E-state index in [1.807, 2.05) is 0 Å². The molecule has 0 spiro atoms. The molecule has 0 saturated carbocycles. The number of hydrogen-bond acceptors (Lipinski definition) is 11. The van der Waals surface area contributed by atoms with Crippen molar-refractivity contribution in [3.8, 4) is 0 Å². The summed E-state index contributed by atoms with van der Waals surface area (Å²) >= 11 is 0. The molecule has 51 heavy (non-hydrogen) atoms. The minimum absolute atomic E-state index is 0. The van der Waals surface area contributed by atoms with Gasteiger partial charge in [-0.05, 0) is 12.8 Å². The topological polar surface area (TPSA) is 191 Å². The Balaban J connectivity index is 0. The SMILES string of the molecule is CCCCCCCCCCCCCC(=O)OCC(COP(=O)(O)OCCNC(=O)OCCOC)OC(=O)CCCCCCCCCCCCC.N. The van der Waals surface area contributed by atoms with Crippen molar-refractivity contribution in [3.63, 3.8) is 0 Å². The highest BCUT2D eigenvalue weighted by molar-refractivity contribution is 7.47. The van der Waals surface area contributed by atoms with Gasteiger partial charge in [0.2, 0.25) is 0 Å². The summed E-state index contributed by atoms with van der Waals surface area (Å²) in [6.07, 6.45) is 24.2. The molecule has 13 nitrogen and oxygen atoms in total. The van der Waals surface area contributed by atoms with Crippen LogP contribution in [-0.2, 0) is 42.1 Å². The molecule has 0 aromatic rings. The fraction of sp³-hybridized carbons (Fsp3) is 0.919. The van der Waals surface area contributed by atoms with Gasteiger partial charge in [0.15, 0.2) is 6.10 Å². The summed E-state index contributed by atoms with van der Waals surface area (Å²) in [6, 6.07) is 0. The van der Waals surface area contributed by atoms with Gasteiger partial charge in [0.1, 0.15) is 13.2 Å². The first-order chi connectivity index (χ1) is 24.2. The number of phosphoric ester groups is 1. The fourth-order valence-electron chi connectivity index (χ4n) is 5.28. The third-order valence-corrected chi connectivity index (χ3v) is 9.25. The Morgan fingerprint density at radius 2 is 1.04 bits per heavy atom. The van der Waals surface area contributed by atoms with E-state index in [0.717, 1.165) is 38.5 Å². The van der Waals surface area contributed by atoms with Crippen molar-refractivity contribution in [1.82, 2.24) is 11.5 Å². The van der Waals surface area contributed by atoms with Crippen molar-refractivity contribution < 1.29 is 51.8 Å². The molecule has 5 N–H and O–H groups in total. The quantitative estimate of drug-likeness (QED) is 0.0236. The molecule has 2 atom stereocenters. The van der Waals surface area contributed by atoms with E-state index in [1.165, 1.54) is 97.0 Å². The number of amides is 1. The van der Waals surface area contributed by atoms with Crippen LogP contribution in [0, 0.1) is 0 Å². The molecule has 0 radical (unpaired) electrons. The molecule has 0 aromatic heterocycles. The molecule has 0 saturated heterocycles. The summed E-state index contributed by atoms with van der Waals surface area (Å²) in [5.74, 6) is -0.903. The van der Waals surface area contributed by atoms with E-state index in [4.69, 9.17) is 28.0 Å². The molecule has 0 rings (SSSR count).